The number of nitrogens with zero attached hydrogens (tertiary/aromatic N) is 1. The van der Waals surface area contributed by atoms with Gasteiger partial charge in [0, 0.05) is 13.6 Å². The highest BCUT2D eigenvalue weighted by molar-refractivity contribution is 5.88. The fourth-order valence-corrected chi connectivity index (χ4v) is 2.55. The van der Waals surface area contributed by atoms with Gasteiger partial charge in [0.25, 0.3) is 0 Å². The topological polar surface area (TPSA) is 86.7 Å². The van der Waals surface area contributed by atoms with E-state index in [1.165, 1.54) is 4.90 Å². The fourth-order valence-electron chi connectivity index (χ4n) is 2.55. The lowest BCUT2D eigenvalue weighted by atomic mass is 9.78. The van der Waals surface area contributed by atoms with E-state index >= 15 is 0 Å². The van der Waals surface area contributed by atoms with E-state index < -0.39 is 17.8 Å². The third-order valence-electron chi connectivity index (χ3n) is 3.53. The van der Waals surface area contributed by atoms with Gasteiger partial charge in [0.2, 0.25) is 11.8 Å². The first-order valence-electron chi connectivity index (χ1n) is 6.71. The van der Waals surface area contributed by atoms with Gasteiger partial charge >= 0.3 is 5.97 Å². The van der Waals surface area contributed by atoms with E-state index in [0.717, 1.165) is 12.8 Å². The first-order chi connectivity index (χ1) is 8.97. The smallest absolute Gasteiger partial charge is 0.307 e. The lowest BCUT2D eigenvalue weighted by molar-refractivity contribution is -0.152. The molecule has 0 saturated heterocycles. The van der Waals surface area contributed by atoms with Crippen molar-refractivity contribution < 1.29 is 19.5 Å². The summed E-state index contributed by atoms with van der Waals surface area (Å²) >= 11 is 0. The molecule has 0 aromatic heterocycles. The molecular weight excluding hydrogens is 248 g/mol. The number of carboxylic acid groups (broad SMARTS) is 1. The van der Waals surface area contributed by atoms with Crippen molar-refractivity contribution in [3.05, 3.63) is 0 Å². The van der Waals surface area contributed by atoms with E-state index in [4.69, 9.17) is 5.11 Å². The number of nitrogens with one attached hydrogen (secondary N) is 1. The number of carbonyl (C=O) groups is 3. The van der Waals surface area contributed by atoms with Gasteiger partial charge in [-0.1, -0.05) is 12.8 Å². The average Bonchev–Trinajstić information content (AvgIpc) is 2.37. The standard InChI is InChI=1S/C13H22N2O4/c1-3-14-11(16)8-15(2)12(17)9-6-4-5-7-10(9)13(18)19/h9-10H,3-8H2,1-2H3,(H,14,16)(H,18,19). The molecule has 1 aliphatic rings. The van der Waals surface area contributed by atoms with Crippen molar-refractivity contribution in [2.45, 2.75) is 32.6 Å². The van der Waals surface area contributed by atoms with Gasteiger partial charge in [0.15, 0.2) is 0 Å². The van der Waals surface area contributed by atoms with Gasteiger partial charge in [-0.25, -0.2) is 0 Å². The lowest BCUT2D eigenvalue weighted by Gasteiger charge is -2.30. The summed E-state index contributed by atoms with van der Waals surface area (Å²) in [5.41, 5.74) is 0. The molecule has 1 aliphatic carbocycles. The van der Waals surface area contributed by atoms with E-state index in [0.29, 0.717) is 19.4 Å². The van der Waals surface area contributed by atoms with Gasteiger partial charge in [0.1, 0.15) is 0 Å². The zero-order valence-electron chi connectivity index (χ0n) is 11.5. The number of hydrogen-bond acceptors (Lipinski definition) is 3. The molecule has 1 rings (SSSR count). The minimum Gasteiger partial charge on any atom is -0.481 e. The molecular formula is C13H22N2O4. The average molecular weight is 270 g/mol. The molecule has 19 heavy (non-hydrogen) atoms. The molecule has 0 aliphatic heterocycles. The summed E-state index contributed by atoms with van der Waals surface area (Å²) in [6.45, 7) is 2.30. The maximum atomic E-state index is 12.2. The van der Waals surface area contributed by atoms with Crippen LogP contribution in [-0.4, -0.2) is 47.9 Å². The summed E-state index contributed by atoms with van der Waals surface area (Å²) in [5.74, 6) is -2.48. The predicted molar refractivity (Wildman–Crippen MR) is 69.4 cm³/mol. The summed E-state index contributed by atoms with van der Waals surface area (Å²) in [4.78, 5) is 36.2. The van der Waals surface area contributed by atoms with Gasteiger partial charge in [-0.15, -0.1) is 0 Å². The SMILES string of the molecule is CCNC(=O)CN(C)C(=O)C1CCCCC1C(=O)O. The fraction of sp³-hybridized carbons (Fsp3) is 0.769. The molecule has 6 heteroatoms. The number of carboxylic acids is 1. The van der Waals surface area contributed by atoms with Crippen molar-refractivity contribution in [1.82, 2.24) is 10.2 Å². The maximum absolute atomic E-state index is 12.2. The second-order valence-electron chi connectivity index (χ2n) is 4.98. The molecule has 0 bridgehead atoms. The molecule has 0 radical (unpaired) electrons. The molecule has 2 unspecified atom stereocenters. The molecule has 1 saturated carbocycles. The first kappa shape index (κ1) is 15.5. The molecule has 2 atom stereocenters. The molecule has 108 valence electrons. The number of aliphatic carboxylic acids is 1. The van der Waals surface area contributed by atoms with Crippen LogP contribution < -0.4 is 5.32 Å². The Morgan fingerprint density at radius 2 is 1.79 bits per heavy atom. The minimum absolute atomic E-state index is 0.0183. The predicted octanol–water partition coefficient (Wildman–Crippen LogP) is 0.472. The third kappa shape index (κ3) is 4.22. The third-order valence-corrected chi connectivity index (χ3v) is 3.53. The number of amides is 2. The normalized spacial score (nSPS) is 22.6. The molecule has 0 heterocycles. The van der Waals surface area contributed by atoms with Gasteiger partial charge in [0.05, 0.1) is 18.4 Å². The van der Waals surface area contributed by atoms with Crippen molar-refractivity contribution in [2.75, 3.05) is 20.1 Å². The Hall–Kier alpha value is -1.59. The van der Waals surface area contributed by atoms with Crippen LogP contribution in [0.2, 0.25) is 0 Å². The molecule has 0 aromatic rings. The summed E-state index contributed by atoms with van der Waals surface area (Å²) in [5, 5.41) is 11.8. The zero-order valence-corrected chi connectivity index (χ0v) is 11.5. The number of likely N-dealkylation sites (N-methyl/N-ethyl adjacent to an activating group) is 2. The Balaban J connectivity index is 2.63. The first-order valence-corrected chi connectivity index (χ1v) is 6.71. The molecule has 0 aromatic carbocycles. The van der Waals surface area contributed by atoms with Crippen LogP contribution in [0.5, 0.6) is 0 Å². The zero-order chi connectivity index (χ0) is 14.4. The van der Waals surface area contributed by atoms with Crippen LogP contribution in [0.15, 0.2) is 0 Å². The van der Waals surface area contributed by atoms with E-state index in [1.807, 2.05) is 0 Å². The van der Waals surface area contributed by atoms with Gasteiger partial charge in [-0.3, -0.25) is 14.4 Å². The van der Waals surface area contributed by atoms with Crippen molar-refractivity contribution in [3.63, 3.8) is 0 Å². The van der Waals surface area contributed by atoms with Crippen LogP contribution in [0.25, 0.3) is 0 Å². The molecule has 2 N–H and O–H groups in total. The maximum Gasteiger partial charge on any atom is 0.307 e. The van der Waals surface area contributed by atoms with E-state index in [-0.39, 0.29) is 18.4 Å². The Morgan fingerprint density at radius 3 is 2.32 bits per heavy atom. The Morgan fingerprint density at radius 1 is 1.21 bits per heavy atom. The van der Waals surface area contributed by atoms with Crippen molar-refractivity contribution in [2.24, 2.45) is 11.8 Å². The van der Waals surface area contributed by atoms with Crippen LogP contribution in [0.1, 0.15) is 32.6 Å². The number of rotatable bonds is 5. The number of hydrogen-bond donors (Lipinski definition) is 2. The summed E-state index contributed by atoms with van der Waals surface area (Å²) in [6, 6.07) is 0. The Labute approximate surface area is 113 Å². The summed E-state index contributed by atoms with van der Waals surface area (Å²) < 4.78 is 0. The second-order valence-corrected chi connectivity index (χ2v) is 4.98. The van der Waals surface area contributed by atoms with Crippen LogP contribution in [-0.2, 0) is 14.4 Å². The quantitative estimate of drug-likeness (QED) is 0.760. The summed E-state index contributed by atoms with van der Waals surface area (Å²) in [7, 11) is 1.55. The van der Waals surface area contributed by atoms with E-state index in [2.05, 4.69) is 5.32 Å². The highest BCUT2D eigenvalue weighted by Gasteiger charge is 2.37. The number of carbonyl (C=O) groups excluding carboxylic acids is 2. The van der Waals surface area contributed by atoms with Gasteiger partial charge in [-0.05, 0) is 19.8 Å². The second kappa shape index (κ2) is 7.11. The van der Waals surface area contributed by atoms with Crippen molar-refractivity contribution in [1.29, 1.82) is 0 Å². The Kier molecular flexibility index (Phi) is 5.79. The van der Waals surface area contributed by atoms with Crippen molar-refractivity contribution >= 4 is 17.8 Å². The van der Waals surface area contributed by atoms with Crippen molar-refractivity contribution in [3.8, 4) is 0 Å². The van der Waals surface area contributed by atoms with Gasteiger partial charge < -0.3 is 15.3 Å². The van der Waals surface area contributed by atoms with E-state index in [1.54, 1.807) is 14.0 Å². The monoisotopic (exact) mass is 270 g/mol. The van der Waals surface area contributed by atoms with Crippen LogP contribution in [0.3, 0.4) is 0 Å². The van der Waals surface area contributed by atoms with E-state index in [9.17, 15) is 14.4 Å². The largest absolute Gasteiger partial charge is 0.481 e. The highest BCUT2D eigenvalue weighted by atomic mass is 16.4. The van der Waals surface area contributed by atoms with Crippen LogP contribution in [0.4, 0.5) is 0 Å². The van der Waals surface area contributed by atoms with Gasteiger partial charge in [-0.2, -0.15) is 0 Å². The summed E-state index contributed by atoms with van der Waals surface area (Å²) in [6.07, 6.45) is 2.85. The molecule has 2 amide bonds. The highest BCUT2D eigenvalue weighted by Crippen LogP contribution is 2.31. The van der Waals surface area contributed by atoms with Crippen LogP contribution in [0, 0.1) is 11.8 Å². The molecule has 6 nitrogen and oxygen atoms in total. The molecule has 0 spiro atoms. The Bertz CT molecular complexity index is 357. The lowest BCUT2D eigenvalue weighted by Crippen LogP contribution is -2.44. The van der Waals surface area contributed by atoms with Crippen LogP contribution >= 0.6 is 0 Å². The minimum atomic E-state index is -0.913. The molecule has 1 fully saturated rings.